The Morgan fingerprint density at radius 3 is 2.29 bits per heavy atom. The summed E-state index contributed by atoms with van der Waals surface area (Å²) in [6, 6.07) is 9.45. The molecular formula is C18H23N3O3. The maximum atomic E-state index is 12.9. The summed E-state index contributed by atoms with van der Waals surface area (Å²) in [7, 11) is 3.63. The van der Waals surface area contributed by atoms with Gasteiger partial charge in [0.05, 0.1) is 18.7 Å². The predicted octanol–water partition coefficient (Wildman–Crippen LogP) is 0.660. The number of benzene rings is 1. The molecule has 2 aliphatic rings. The molecular weight excluding hydrogens is 306 g/mol. The highest BCUT2D eigenvalue weighted by Gasteiger charge is 2.41. The van der Waals surface area contributed by atoms with Gasteiger partial charge in [-0.2, -0.15) is 0 Å². The van der Waals surface area contributed by atoms with Gasteiger partial charge in [-0.1, -0.05) is 30.3 Å². The molecule has 24 heavy (non-hydrogen) atoms. The van der Waals surface area contributed by atoms with Crippen molar-refractivity contribution in [1.29, 1.82) is 0 Å². The first-order valence-corrected chi connectivity index (χ1v) is 8.22. The summed E-state index contributed by atoms with van der Waals surface area (Å²) < 4.78 is 5.05. The van der Waals surface area contributed by atoms with Crippen LogP contribution < -0.4 is 0 Å². The first kappa shape index (κ1) is 16.7. The van der Waals surface area contributed by atoms with E-state index in [0.717, 1.165) is 31.7 Å². The summed E-state index contributed by atoms with van der Waals surface area (Å²) in [4.78, 5) is 31.4. The molecule has 0 N–H and O–H groups in total. The molecule has 1 saturated heterocycles. The van der Waals surface area contributed by atoms with Crippen LogP contribution in [0.3, 0.4) is 0 Å². The number of piperazine rings is 1. The number of amides is 2. The Morgan fingerprint density at radius 2 is 1.67 bits per heavy atom. The Morgan fingerprint density at radius 1 is 1.00 bits per heavy atom. The van der Waals surface area contributed by atoms with Crippen molar-refractivity contribution in [1.82, 2.24) is 14.7 Å². The van der Waals surface area contributed by atoms with E-state index < -0.39 is 0 Å². The molecule has 1 aromatic carbocycles. The summed E-state index contributed by atoms with van der Waals surface area (Å²) in [5.41, 5.74) is 1.85. The van der Waals surface area contributed by atoms with Crippen molar-refractivity contribution in [3.05, 3.63) is 41.6 Å². The number of methoxy groups -OCH3 is 1. The van der Waals surface area contributed by atoms with Gasteiger partial charge in [-0.15, -0.1) is 0 Å². The van der Waals surface area contributed by atoms with Crippen molar-refractivity contribution in [2.24, 2.45) is 0 Å². The molecule has 0 aromatic heterocycles. The normalized spacial score (nSPS) is 19.6. The van der Waals surface area contributed by atoms with E-state index in [9.17, 15) is 9.59 Å². The first-order valence-electron chi connectivity index (χ1n) is 8.22. The third kappa shape index (κ3) is 3.07. The molecule has 0 saturated carbocycles. The molecule has 0 bridgehead atoms. The van der Waals surface area contributed by atoms with Crippen LogP contribution in [0.2, 0.25) is 0 Å². The van der Waals surface area contributed by atoms with Crippen molar-refractivity contribution >= 4 is 17.4 Å². The Hall–Kier alpha value is -2.18. The smallest absolute Gasteiger partial charge is 0.277 e. The summed E-state index contributed by atoms with van der Waals surface area (Å²) in [6.07, 6.45) is 0. The van der Waals surface area contributed by atoms with E-state index in [1.807, 2.05) is 30.3 Å². The number of imide groups is 1. The van der Waals surface area contributed by atoms with Crippen molar-refractivity contribution in [2.45, 2.75) is 0 Å². The second-order valence-electron chi connectivity index (χ2n) is 6.13. The third-order valence-corrected chi connectivity index (χ3v) is 4.54. The number of rotatable bonds is 5. The SMILES string of the molecule is COCCN1C(=O)C(c2ccccc2)=C(N2CCN(C)CC2)C1=O. The van der Waals surface area contributed by atoms with Gasteiger partial charge in [0.1, 0.15) is 5.70 Å². The van der Waals surface area contributed by atoms with Gasteiger partial charge >= 0.3 is 0 Å². The van der Waals surface area contributed by atoms with Gasteiger partial charge in [0, 0.05) is 33.3 Å². The van der Waals surface area contributed by atoms with Gasteiger partial charge in [-0.05, 0) is 12.6 Å². The minimum absolute atomic E-state index is 0.208. The molecule has 6 nitrogen and oxygen atoms in total. The van der Waals surface area contributed by atoms with Crippen LogP contribution in [0.25, 0.3) is 5.57 Å². The Labute approximate surface area is 142 Å². The van der Waals surface area contributed by atoms with E-state index in [4.69, 9.17) is 4.74 Å². The lowest BCUT2D eigenvalue weighted by molar-refractivity contribution is -0.138. The molecule has 0 radical (unpaired) electrons. The predicted molar refractivity (Wildman–Crippen MR) is 91.0 cm³/mol. The number of carbonyl (C=O) groups is 2. The topological polar surface area (TPSA) is 53.1 Å². The average molecular weight is 329 g/mol. The van der Waals surface area contributed by atoms with Gasteiger partial charge in [-0.3, -0.25) is 14.5 Å². The van der Waals surface area contributed by atoms with Crippen LogP contribution in [0, 0.1) is 0 Å². The number of carbonyl (C=O) groups excluding carboxylic acids is 2. The maximum absolute atomic E-state index is 12.9. The standard InChI is InChI=1S/C18H23N3O3/c1-19-8-10-20(11-9-19)16-15(14-6-4-3-5-7-14)17(22)21(18(16)23)12-13-24-2/h3-7H,8-13H2,1-2H3. The summed E-state index contributed by atoms with van der Waals surface area (Å²) in [5, 5.41) is 0. The second kappa shape index (κ2) is 7.15. The number of ether oxygens (including phenoxy) is 1. The molecule has 6 heteroatoms. The molecule has 1 fully saturated rings. The second-order valence-corrected chi connectivity index (χ2v) is 6.13. The lowest BCUT2D eigenvalue weighted by Crippen LogP contribution is -2.46. The molecule has 0 spiro atoms. The van der Waals surface area contributed by atoms with E-state index in [1.165, 1.54) is 4.90 Å². The molecule has 0 unspecified atom stereocenters. The Bertz CT molecular complexity index is 649. The van der Waals surface area contributed by atoms with Crippen LogP contribution in [-0.4, -0.2) is 80.0 Å². The fraction of sp³-hybridized carbons (Fsp3) is 0.444. The van der Waals surface area contributed by atoms with E-state index in [-0.39, 0.29) is 18.4 Å². The van der Waals surface area contributed by atoms with Gasteiger partial charge in [0.15, 0.2) is 0 Å². The molecule has 2 amide bonds. The molecule has 0 atom stereocenters. The zero-order valence-electron chi connectivity index (χ0n) is 14.2. The highest BCUT2D eigenvalue weighted by atomic mass is 16.5. The minimum atomic E-state index is -0.225. The van der Waals surface area contributed by atoms with Crippen molar-refractivity contribution in [3.8, 4) is 0 Å². The van der Waals surface area contributed by atoms with Crippen LogP contribution in [-0.2, 0) is 14.3 Å². The fourth-order valence-electron chi connectivity index (χ4n) is 3.14. The largest absolute Gasteiger partial charge is 0.383 e. The average Bonchev–Trinajstić information content (AvgIpc) is 2.85. The summed E-state index contributed by atoms with van der Waals surface area (Å²) >= 11 is 0. The first-order chi connectivity index (χ1) is 11.6. The quantitative estimate of drug-likeness (QED) is 0.743. The van der Waals surface area contributed by atoms with Crippen LogP contribution in [0.1, 0.15) is 5.56 Å². The van der Waals surface area contributed by atoms with Gasteiger partial charge in [-0.25, -0.2) is 0 Å². The van der Waals surface area contributed by atoms with Gasteiger partial charge in [0.2, 0.25) is 0 Å². The van der Waals surface area contributed by atoms with Gasteiger partial charge < -0.3 is 14.5 Å². The number of nitrogens with zero attached hydrogens (tertiary/aromatic N) is 3. The van der Waals surface area contributed by atoms with Crippen molar-refractivity contribution in [3.63, 3.8) is 0 Å². The zero-order chi connectivity index (χ0) is 17.1. The molecule has 2 heterocycles. The lowest BCUT2D eigenvalue weighted by atomic mass is 10.0. The summed E-state index contributed by atoms with van der Waals surface area (Å²) in [6.45, 7) is 3.88. The molecule has 0 aliphatic carbocycles. The van der Waals surface area contributed by atoms with Gasteiger partial charge in [0.25, 0.3) is 11.8 Å². The molecule has 128 valence electrons. The Kier molecular flexibility index (Phi) is 4.97. The maximum Gasteiger partial charge on any atom is 0.277 e. The number of hydrogen-bond acceptors (Lipinski definition) is 5. The number of hydrogen-bond donors (Lipinski definition) is 0. The highest BCUT2D eigenvalue weighted by Crippen LogP contribution is 2.31. The summed E-state index contributed by atoms with van der Waals surface area (Å²) in [5.74, 6) is -0.433. The fourth-order valence-corrected chi connectivity index (χ4v) is 3.14. The molecule has 2 aliphatic heterocycles. The molecule has 1 aromatic rings. The van der Waals surface area contributed by atoms with Crippen LogP contribution in [0.4, 0.5) is 0 Å². The van der Waals surface area contributed by atoms with Crippen molar-refractivity contribution in [2.75, 3.05) is 53.5 Å². The van der Waals surface area contributed by atoms with Crippen LogP contribution >= 0.6 is 0 Å². The van der Waals surface area contributed by atoms with Crippen LogP contribution in [0.5, 0.6) is 0 Å². The third-order valence-electron chi connectivity index (χ3n) is 4.54. The minimum Gasteiger partial charge on any atom is -0.383 e. The van der Waals surface area contributed by atoms with E-state index in [0.29, 0.717) is 17.9 Å². The van der Waals surface area contributed by atoms with E-state index >= 15 is 0 Å². The van der Waals surface area contributed by atoms with Crippen LogP contribution in [0.15, 0.2) is 36.0 Å². The van der Waals surface area contributed by atoms with Crippen molar-refractivity contribution < 1.29 is 14.3 Å². The number of likely N-dealkylation sites (N-methyl/N-ethyl adjacent to an activating group) is 1. The van der Waals surface area contributed by atoms with E-state index in [1.54, 1.807) is 7.11 Å². The van der Waals surface area contributed by atoms with E-state index in [2.05, 4.69) is 16.8 Å². The monoisotopic (exact) mass is 329 g/mol. The highest BCUT2D eigenvalue weighted by molar-refractivity contribution is 6.35. The zero-order valence-corrected chi connectivity index (χ0v) is 14.2. The Balaban J connectivity index is 1.98. The molecule has 3 rings (SSSR count). The lowest BCUT2D eigenvalue weighted by Gasteiger charge is -2.34.